The summed E-state index contributed by atoms with van der Waals surface area (Å²) in [5, 5.41) is 6.41. The molecule has 0 aliphatic heterocycles. The van der Waals surface area contributed by atoms with Crippen molar-refractivity contribution in [1.82, 2.24) is 9.97 Å². The lowest BCUT2D eigenvalue weighted by Crippen LogP contribution is -2.02. The Morgan fingerprint density at radius 3 is 2.24 bits per heavy atom. The Labute approximate surface area is 145 Å². The average molecular weight is 338 g/mol. The molecule has 2 aromatic carbocycles. The van der Waals surface area contributed by atoms with E-state index < -0.39 is 0 Å². The summed E-state index contributed by atoms with van der Waals surface area (Å²) in [7, 11) is 1.63. The molecule has 1 heterocycles. The average Bonchev–Trinajstić information content (AvgIpc) is 2.57. The first kappa shape index (κ1) is 16.7. The highest BCUT2D eigenvalue weighted by molar-refractivity contribution is 5.68. The van der Waals surface area contributed by atoms with Crippen LogP contribution in [0, 0.1) is 19.7 Å². The number of ether oxygens (including phenoxy) is 1. The van der Waals surface area contributed by atoms with Crippen LogP contribution in [0.3, 0.4) is 0 Å². The highest BCUT2D eigenvalue weighted by Crippen LogP contribution is 2.29. The zero-order valence-corrected chi connectivity index (χ0v) is 14.3. The number of benzene rings is 2. The molecule has 1 aromatic heterocycles. The minimum Gasteiger partial charge on any atom is -0.495 e. The van der Waals surface area contributed by atoms with Crippen molar-refractivity contribution in [3.8, 4) is 5.75 Å². The van der Waals surface area contributed by atoms with Crippen LogP contribution in [0.4, 0.5) is 27.4 Å². The first-order valence-corrected chi connectivity index (χ1v) is 7.83. The van der Waals surface area contributed by atoms with Crippen molar-refractivity contribution in [2.45, 2.75) is 13.8 Å². The fraction of sp³-hybridized carbons (Fsp3) is 0.158. The second-order valence-electron chi connectivity index (χ2n) is 5.65. The number of rotatable bonds is 5. The quantitative estimate of drug-likeness (QED) is 0.704. The molecule has 128 valence electrons. The van der Waals surface area contributed by atoms with Crippen molar-refractivity contribution in [2.24, 2.45) is 0 Å². The number of nitrogens with one attached hydrogen (secondary N) is 2. The van der Waals surface area contributed by atoms with Gasteiger partial charge in [0.1, 0.15) is 29.0 Å². The Balaban J connectivity index is 1.87. The standard InChI is InChI=1S/C19H19FN4O/c1-12-4-9-17(25-3)16(10-12)24-19-11-18(21-13(2)22-19)23-15-7-5-14(20)6-8-15/h4-11H,1-3H3,(H2,21,22,23,24). The highest BCUT2D eigenvalue weighted by atomic mass is 19.1. The van der Waals surface area contributed by atoms with Gasteiger partial charge in [-0.15, -0.1) is 0 Å². The minimum atomic E-state index is -0.279. The van der Waals surface area contributed by atoms with Crippen LogP contribution in [0.15, 0.2) is 48.5 Å². The Morgan fingerprint density at radius 1 is 0.880 bits per heavy atom. The van der Waals surface area contributed by atoms with Crippen LogP contribution in [0.1, 0.15) is 11.4 Å². The van der Waals surface area contributed by atoms with Crippen molar-refractivity contribution >= 4 is 23.0 Å². The molecule has 0 radical (unpaired) electrons. The zero-order chi connectivity index (χ0) is 17.8. The Hall–Kier alpha value is -3.15. The number of anilines is 4. The van der Waals surface area contributed by atoms with E-state index >= 15 is 0 Å². The number of aryl methyl sites for hydroxylation is 2. The van der Waals surface area contributed by atoms with Crippen molar-refractivity contribution < 1.29 is 9.13 Å². The number of hydrogen-bond acceptors (Lipinski definition) is 5. The molecule has 3 aromatic rings. The normalized spacial score (nSPS) is 10.4. The van der Waals surface area contributed by atoms with E-state index in [1.807, 2.05) is 32.0 Å². The maximum absolute atomic E-state index is 13.0. The molecule has 0 spiro atoms. The van der Waals surface area contributed by atoms with Crippen LogP contribution in [0.5, 0.6) is 5.75 Å². The third-order valence-electron chi connectivity index (χ3n) is 3.57. The van der Waals surface area contributed by atoms with E-state index in [-0.39, 0.29) is 5.82 Å². The summed E-state index contributed by atoms with van der Waals surface area (Å²) in [5.41, 5.74) is 2.69. The van der Waals surface area contributed by atoms with E-state index in [1.165, 1.54) is 12.1 Å². The summed E-state index contributed by atoms with van der Waals surface area (Å²) in [6.07, 6.45) is 0. The fourth-order valence-electron chi connectivity index (χ4n) is 2.43. The number of hydrogen-bond donors (Lipinski definition) is 2. The van der Waals surface area contributed by atoms with Crippen molar-refractivity contribution in [3.63, 3.8) is 0 Å². The largest absolute Gasteiger partial charge is 0.495 e. The van der Waals surface area contributed by atoms with Crippen molar-refractivity contribution in [2.75, 3.05) is 17.7 Å². The van der Waals surface area contributed by atoms with Gasteiger partial charge in [0.15, 0.2) is 0 Å². The van der Waals surface area contributed by atoms with Gasteiger partial charge in [-0.1, -0.05) is 6.07 Å². The van der Waals surface area contributed by atoms with Gasteiger partial charge in [-0.3, -0.25) is 0 Å². The summed E-state index contributed by atoms with van der Waals surface area (Å²) in [5.74, 6) is 2.32. The molecule has 0 saturated heterocycles. The number of methoxy groups -OCH3 is 1. The molecule has 0 fully saturated rings. The third-order valence-corrected chi connectivity index (χ3v) is 3.57. The van der Waals surface area contributed by atoms with Gasteiger partial charge in [-0.05, 0) is 55.8 Å². The highest BCUT2D eigenvalue weighted by Gasteiger charge is 2.07. The van der Waals surface area contributed by atoms with E-state index in [0.717, 1.165) is 22.7 Å². The van der Waals surface area contributed by atoms with Crippen molar-refractivity contribution in [1.29, 1.82) is 0 Å². The Morgan fingerprint density at radius 2 is 1.56 bits per heavy atom. The van der Waals surface area contributed by atoms with E-state index in [4.69, 9.17) is 4.74 Å². The second-order valence-corrected chi connectivity index (χ2v) is 5.65. The molecule has 6 heteroatoms. The lowest BCUT2D eigenvalue weighted by molar-refractivity contribution is 0.416. The first-order valence-electron chi connectivity index (χ1n) is 7.83. The maximum atomic E-state index is 13.0. The predicted octanol–water partition coefficient (Wildman–Crippen LogP) is 4.73. The lowest BCUT2D eigenvalue weighted by Gasteiger charge is -2.13. The maximum Gasteiger partial charge on any atom is 0.142 e. The monoisotopic (exact) mass is 338 g/mol. The summed E-state index contributed by atoms with van der Waals surface area (Å²) in [6.45, 7) is 3.83. The van der Waals surface area contributed by atoms with Crippen LogP contribution in [0.2, 0.25) is 0 Å². The van der Waals surface area contributed by atoms with Crippen molar-refractivity contribution in [3.05, 3.63) is 65.7 Å². The molecule has 3 rings (SSSR count). The number of nitrogens with zero attached hydrogens (tertiary/aromatic N) is 2. The van der Waals surface area contributed by atoms with E-state index in [9.17, 15) is 4.39 Å². The van der Waals surface area contributed by atoms with Gasteiger partial charge in [-0.25, -0.2) is 14.4 Å². The first-order chi connectivity index (χ1) is 12.0. The fourth-order valence-corrected chi connectivity index (χ4v) is 2.43. The summed E-state index contributed by atoms with van der Waals surface area (Å²) >= 11 is 0. The summed E-state index contributed by atoms with van der Waals surface area (Å²) < 4.78 is 18.4. The zero-order valence-electron chi connectivity index (χ0n) is 14.3. The molecular formula is C19H19FN4O. The van der Waals surface area contributed by atoms with E-state index in [1.54, 1.807) is 25.3 Å². The topological polar surface area (TPSA) is 59.1 Å². The third kappa shape index (κ3) is 4.23. The van der Waals surface area contributed by atoms with Crippen LogP contribution >= 0.6 is 0 Å². The molecule has 2 N–H and O–H groups in total. The van der Waals surface area contributed by atoms with Crippen LogP contribution in [0.25, 0.3) is 0 Å². The smallest absolute Gasteiger partial charge is 0.142 e. The van der Waals surface area contributed by atoms with Gasteiger partial charge >= 0.3 is 0 Å². The Bertz CT molecular complexity index is 881. The molecule has 0 saturated carbocycles. The number of aromatic nitrogens is 2. The molecule has 0 aliphatic rings. The predicted molar refractivity (Wildman–Crippen MR) is 97.5 cm³/mol. The van der Waals surface area contributed by atoms with Gasteiger partial charge in [0, 0.05) is 11.8 Å². The Kier molecular flexibility index (Phi) is 4.79. The molecule has 0 bridgehead atoms. The molecular weight excluding hydrogens is 319 g/mol. The van der Waals surface area contributed by atoms with Gasteiger partial charge in [0.2, 0.25) is 0 Å². The van der Waals surface area contributed by atoms with Crippen LogP contribution in [-0.2, 0) is 0 Å². The molecule has 0 unspecified atom stereocenters. The molecule has 0 atom stereocenters. The van der Waals surface area contributed by atoms with E-state index in [0.29, 0.717) is 17.5 Å². The van der Waals surface area contributed by atoms with Crippen LogP contribution < -0.4 is 15.4 Å². The summed E-state index contributed by atoms with van der Waals surface area (Å²) in [6, 6.07) is 13.8. The van der Waals surface area contributed by atoms with Gasteiger partial charge < -0.3 is 15.4 Å². The van der Waals surface area contributed by atoms with Gasteiger partial charge in [0.25, 0.3) is 0 Å². The molecule has 0 amide bonds. The molecule has 25 heavy (non-hydrogen) atoms. The summed E-state index contributed by atoms with van der Waals surface area (Å²) in [4.78, 5) is 8.78. The van der Waals surface area contributed by atoms with Gasteiger partial charge in [-0.2, -0.15) is 0 Å². The second kappa shape index (κ2) is 7.17. The van der Waals surface area contributed by atoms with Crippen LogP contribution in [-0.4, -0.2) is 17.1 Å². The lowest BCUT2D eigenvalue weighted by atomic mass is 10.2. The minimum absolute atomic E-state index is 0.279. The SMILES string of the molecule is COc1ccc(C)cc1Nc1cc(Nc2ccc(F)cc2)nc(C)n1. The van der Waals surface area contributed by atoms with Gasteiger partial charge in [0.05, 0.1) is 12.8 Å². The molecule has 5 nitrogen and oxygen atoms in total. The van der Waals surface area contributed by atoms with E-state index in [2.05, 4.69) is 20.6 Å². The molecule has 0 aliphatic carbocycles. The number of halogens is 1.